The molecule has 0 unspecified atom stereocenters. The molecule has 2 heterocycles. The summed E-state index contributed by atoms with van der Waals surface area (Å²) in [5, 5.41) is 11.4. The molecule has 1 aliphatic rings. The van der Waals surface area contributed by atoms with Crippen LogP contribution in [0, 0.1) is 11.3 Å². The topological polar surface area (TPSA) is 52.5 Å². The van der Waals surface area contributed by atoms with Crippen molar-refractivity contribution in [3.8, 4) is 39.6 Å². The van der Waals surface area contributed by atoms with Crippen LogP contribution in [0.5, 0.6) is 0 Å². The van der Waals surface area contributed by atoms with Crippen molar-refractivity contribution in [2.75, 3.05) is 0 Å². The number of para-hydroxylation sites is 1. The third-order valence-electron chi connectivity index (χ3n) is 5.94. The number of benzene rings is 3. The van der Waals surface area contributed by atoms with Crippen LogP contribution in [-0.4, -0.2) is 9.97 Å². The maximum Gasteiger partial charge on any atom is 0.102 e. The Bertz CT molecular complexity index is 1470. The number of nitrogens with zero attached hydrogens (tertiary/aromatic N) is 2. The summed E-state index contributed by atoms with van der Waals surface area (Å²) in [5.74, 6) is 0. The molecule has 0 bridgehead atoms. The monoisotopic (exact) mass is 383 g/mol. The first-order valence-electron chi connectivity index (χ1n) is 10.0. The predicted molar refractivity (Wildman–Crippen MR) is 120 cm³/mol. The molecule has 0 radical (unpaired) electrons. The third-order valence-corrected chi connectivity index (χ3v) is 5.94. The maximum atomic E-state index is 10.3. The molecule has 0 spiro atoms. The highest BCUT2D eigenvalue weighted by Crippen LogP contribution is 2.46. The number of aromatic amines is 1. The SMILES string of the molecule is N#Cc1c(-c2c[nH]c3ccccc23)nc2c(c1-c1ccccc1)-c1ccccc1C2. The summed E-state index contributed by atoms with van der Waals surface area (Å²) in [7, 11) is 0. The van der Waals surface area contributed by atoms with Crippen LogP contribution in [0.2, 0.25) is 0 Å². The Morgan fingerprint density at radius 2 is 1.57 bits per heavy atom. The molecule has 3 heteroatoms. The summed E-state index contributed by atoms with van der Waals surface area (Å²) < 4.78 is 0. The highest BCUT2D eigenvalue weighted by molar-refractivity contribution is 6.00. The van der Waals surface area contributed by atoms with E-state index in [1.165, 1.54) is 11.1 Å². The van der Waals surface area contributed by atoms with Crippen LogP contribution in [0.15, 0.2) is 85.1 Å². The smallest absolute Gasteiger partial charge is 0.102 e. The number of aromatic nitrogens is 2. The zero-order chi connectivity index (χ0) is 20.1. The Hall–Kier alpha value is -4.16. The van der Waals surface area contributed by atoms with Crippen LogP contribution < -0.4 is 0 Å². The van der Waals surface area contributed by atoms with Crippen molar-refractivity contribution in [2.45, 2.75) is 6.42 Å². The number of nitrogens with one attached hydrogen (secondary N) is 1. The van der Waals surface area contributed by atoms with Crippen molar-refractivity contribution in [3.63, 3.8) is 0 Å². The Morgan fingerprint density at radius 1 is 0.800 bits per heavy atom. The quantitative estimate of drug-likeness (QED) is 0.379. The van der Waals surface area contributed by atoms with Gasteiger partial charge in [0.25, 0.3) is 0 Å². The minimum absolute atomic E-state index is 0.626. The Balaban J connectivity index is 1.74. The summed E-state index contributed by atoms with van der Waals surface area (Å²) >= 11 is 0. The van der Waals surface area contributed by atoms with E-state index in [0.717, 1.165) is 51.0 Å². The van der Waals surface area contributed by atoms with Crippen molar-refractivity contribution in [3.05, 3.63) is 102 Å². The van der Waals surface area contributed by atoms with Gasteiger partial charge < -0.3 is 4.98 Å². The van der Waals surface area contributed by atoms with Crippen LogP contribution in [0.4, 0.5) is 0 Å². The number of H-pyrrole nitrogens is 1. The third kappa shape index (κ3) is 2.34. The molecule has 0 atom stereocenters. The van der Waals surface area contributed by atoms with Gasteiger partial charge in [0.2, 0.25) is 0 Å². The van der Waals surface area contributed by atoms with E-state index in [4.69, 9.17) is 4.98 Å². The summed E-state index contributed by atoms with van der Waals surface area (Å²) in [4.78, 5) is 8.41. The van der Waals surface area contributed by atoms with E-state index >= 15 is 0 Å². The number of fused-ring (bicyclic) bond motifs is 4. The number of pyridine rings is 1. The average molecular weight is 383 g/mol. The molecule has 0 aliphatic heterocycles. The number of nitriles is 1. The van der Waals surface area contributed by atoms with Crippen molar-refractivity contribution in [1.82, 2.24) is 9.97 Å². The highest BCUT2D eigenvalue weighted by atomic mass is 14.8. The van der Waals surface area contributed by atoms with Gasteiger partial charge in [0, 0.05) is 40.2 Å². The van der Waals surface area contributed by atoms with E-state index < -0.39 is 0 Å². The highest BCUT2D eigenvalue weighted by Gasteiger charge is 2.29. The second kappa shape index (κ2) is 6.43. The summed E-state index contributed by atoms with van der Waals surface area (Å²) in [5.41, 5.74) is 9.99. The van der Waals surface area contributed by atoms with E-state index in [9.17, 15) is 5.26 Å². The largest absolute Gasteiger partial charge is 0.360 e. The molecule has 0 saturated heterocycles. The van der Waals surface area contributed by atoms with Gasteiger partial charge in [-0.2, -0.15) is 5.26 Å². The van der Waals surface area contributed by atoms with Gasteiger partial charge in [-0.05, 0) is 22.8 Å². The Labute approximate surface area is 174 Å². The Morgan fingerprint density at radius 3 is 2.43 bits per heavy atom. The first-order chi connectivity index (χ1) is 14.8. The molecule has 1 N–H and O–H groups in total. The molecule has 0 amide bonds. The minimum Gasteiger partial charge on any atom is -0.360 e. The van der Waals surface area contributed by atoms with Crippen LogP contribution >= 0.6 is 0 Å². The fourth-order valence-corrected chi connectivity index (χ4v) is 4.62. The van der Waals surface area contributed by atoms with Gasteiger partial charge in [0.1, 0.15) is 6.07 Å². The lowest BCUT2D eigenvalue weighted by molar-refractivity contribution is 1.12. The molecule has 2 aromatic heterocycles. The standard InChI is InChI=1S/C27H17N3/c28-15-21-25(17-8-2-1-3-9-17)26-19-11-5-4-10-18(19)14-24(26)30-27(21)22-16-29-23-13-7-6-12-20(22)23/h1-13,16,29H,14H2. The van der Waals surface area contributed by atoms with E-state index in [1.807, 2.05) is 42.6 Å². The fraction of sp³-hybridized carbons (Fsp3) is 0.0370. The second-order valence-electron chi connectivity index (χ2n) is 7.59. The number of rotatable bonds is 2. The fourth-order valence-electron chi connectivity index (χ4n) is 4.62. The van der Waals surface area contributed by atoms with Gasteiger partial charge in [-0.1, -0.05) is 72.8 Å². The lowest BCUT2D eigenvalue weighted by Gasteiger charge is -2.15. The van der Waals surface area contributed by atoms with Crippen molar-refractivity contribution < 1.29 is 0 Å². The van der Waals surface area contributed by atoms with E-state index in [2.05, 4.69) is 53.5 Å². The lowest BCUT2D eigenvalue weighted by atomic mass is 9.89. The molecule has 140 valence electrons. The van der Waals surface area contributed by atoms with Crippen molar-refractivity contribution in [2.24, 2.45) is 0 Å². The first-order valence-corrected chi connectivity index (χ1v) is 10.0. The van der Waals surface area contributed by atoms with Gasteiger partial charge in [-0.3, -0.25) is 4.98 Å². The van der Waals surface area contributed by atoms with Crippen molar-refractivity contribution >= 4 is 10.9 Å². The lowest BCUT2D eigenvalue weighted by Crippen LogP contribution is -1.99. The molecular weight excluding hydrogens is 366 g/mol. The van der Waals surface area contributed by atoms with Crippen molar-refractivity contribution in [1.29, 1.82) is 5.26 Å². The van der Waals surface area contributed by atoms with Crippen LogP contribution in [0.1, 0.15) is 16.8 Å². The zero-order valence-corrected chi connectivity index (χ0v) is 16.2. The molecule has 0 saturated carbocycles. The summed E-state index contributed by atoms with van der Waals surface area (Å²) in [6, 6.07) is 29.3. The molecule has 3 nitrogen and oxygen atoms in total. The first kappa shape index (κ1) is 16.8. The average Bonchev–Trinajstić information content (AvgIpc) is 3.39. The molecule has 5 aromatic rings. The maximum absolute atomic E-state index is 10.3. The molecule has 1 aliphatic carbocycles. The van der Waals surface area contributed by atoms with Gasteiger partial charge in [-0.15, -0.1) is 0 Å². The van der Waals surface area contributed by atoms with Gasteiger partial charge >= 0.3 is 0 Å². The molecule has 3 aromatic carbocycles. The normalized spacial score (nSPS) is 11.8. The summed E-state index contributed by atoms with van der Waals surface area (Å²) in [6.45, 7) is 0. The predicted octanol–water partition coefficient (Wildman–Crippen LogP) is 6.34. The van der Waals surface area contributed by atoms with Gasteiger partial charge in [0.05, 0.1) is 17.0 Å². The second-order valence-corrected chi connectivity index (χ2v) is 7.59. The zero-order valence-electron chi connectivity index (χ0n) is 16.2. The molecular formula is C27H17N3. The van der Waals surface area contributed by atoms with Gasteiger partial charge in [0.15, 0.2) is 0 Å². The van der Waals surface area contributed by atoms with Crippen LogP contribution in [0.25, 0.3) is 44.4 Å². The van der Waals surface area contributed by atoms with Crippen LogP contribution in [-0.2, 0) is 6.42 Å². The van der Waals surface area contributed by atoms with E-state index in [0.29, 0.717) is 5.56 Å². The summed E-state index contributed by atoms with van der Waals surface area (Å²) in [6.07, 6.45) is 2.75. The van der Waals surface area contributed by atoms with Gasteiger partial charge in [-0.25, -0.2) is 0 Å². The van der Waals surface area contributed by atoms with E-state index in [-0.39, 0.29) is 0 Å². The van der Waals surface area contributed by atoms with Crippen LogP contribution in [0.3, 0.4) is 0 Å². The van der Waals surface area contributed by atoms with E-state index in [1.54, 1.807) is 0 Å². The Kier molecular flexibility index (Phi) is 3.60. The number of hydrogen-bond acceptors (Lipinski definition) is 2. The number of hydrogen-bond donors (Lipinski definition) is 1. The molecule has 0 fully saturated rings. The molecule has 6 rings (SSSR count). The minimum atomic E-state index is 0.626. The molecule has 30 heavy (non-hydrogen) atoms.